The maximum Gasteiger partial charge on any atom is 0.165 e. The Morgan fingerprint density at radius 2 is 1.78 bits per heavy atom. The highest BCUT2D eigenvalue weighted by molar-refractivity contribution is 5.44. The fourth-order valence-electron chi connectivity index (χ4n) is 3.43. The topological polar surface area (TPSA) is 45.2 Å². The van der Waals surface area contributed by atoms with Crippen LogP contribution < -0.4 is 9.80 Å². The third-order valence-electron chi connectivity index (χ3n) is 4.67. The van der Waals surface area contributed by atoms with Crippen LogP contribution in [0, 0.1) is 5.82 Å². The summed E-state index contributed by atoms with van der Waals surface area (Å²) in [5, 5.41) is 0. The fourth-order valence-corrected chi connectivity index (χ4v) is 3.43. The van der Waals surface area contributed by atoms with Crippen LogP contribution in [0.1, 0.15) is 25.7 Å². The van der Waals surface area contributed by atoms with Crippen LogP contribution in [0.3, 0.4) is 0 Å². The van der Waals surface area contributed by atoms with E-state index in [1.165, 1.54) is 18.9 Å². The molecule has 0 radical (unpaired) electrons. The molecule has 1 aliphatic carbocycles. The van der Waals surface area contributed by atoms with Gasteiger partial charge in [-0.15, -0.1) is 0 Å². The molecule has 1 aliphatic heterocycles. The number of nitrogens with zero attached hydrogens (tertiary/aromatic N) is 5. The Bertz CT molecular complexity index is 653. The van der Waals surface area contributed by atoms with Gasteiger partial charge in [-0.2, -0.15) is 0 Å². The molecule has 0 bridgehead atoms. The number of rotatable bonds is 4. The van der Waals surface area contributed by atoms with Gasteiger partial charge in [-0.3, -0.25) is 0 Å². The summed E-state index contributed by atoms with van der Waals surface area (Å²) in [4.78, 5) is 17.2. The van der Waals surface area contributed by atoms with E-state index in [9.17, 15) is 4.39 Å². The Morgan fingerprint density at radius 1 is 1.00 bits per heavy atom. The minimum absolute atomic E-state index is 0.235. The Balaban J connectivity index is 1.47. The Kier molecular flexibility index (Phi) is 3.81. The summed E-state index contributed by atoms with van der Waals surface area (Å²) in [6.07, 6.45) is 9.53. The lowest BCUT2D eigenvalue weighted by molar-refractivity contribution is 0.452. The minimum Gasteiger partial charge on any atom is -0.354 e. The van der Waals surface area contributed by atoms with Gasteiger partial charge in [-0.25, -0.2) is 19.3 Å². The second-order valence-corrected chi connectivity index (χ2v) is 6.23. The first-order valence-corrected chi connectivity index (χ1v) is 8.23. The van der Waals surface area contributed by atoms with Gasteiger partial charge in [0.15, 0.2) is 11.6 Å². The molecule has 0 aromatic carbocycles. The van der Waals surface area contributed by atoms with Crippen LogP contribution in [0.25, 0.3) is 0 Å². The number of halogens is 1. The first-order valence-electron chi connectivity index (χ1n) is 8.23. The summed E-state index contributed by atoms with van der Waals surface area (Å²) < 4.78 is 13.9. The quantitative estimate of drug-likeness (QED) is 0.868. The molecule has 4 rings (SSSR count). The predicted molar refractivity (Wildman–Crippen MR) is 87.0 cm³/mol. The third kappa shape index (κ3) is 2.98. The van der Waals surface area contributed by atoms with Crippen molar-refractivity contribution in [2.45, 2.75) is 37.8 Å². The van der Waals surface area contributed by atoms with Crippen LogP contribution in [0.4, 0.5) is 16.0 Å². The highest BCUT2D eigenvalue weighted by atomic mass is 19.1. The zero-order chi connectivity index (χ0) is 15.6. The molecule has 1 saturated heterocycles. The lowest BCUT2D eigenvalue weighted by atomic mass is 10.0. The van der Waals surface area contributed by atoms with Crippen LogP contribution >= 0.6 is 0 Å². The van der Waals surface area contributed by atoms with Crippen LogP contribution in [0.15, 0.2) is 36.9 Å². The number of hydrogen-bond donors (Lipinski definition) is 0. The normalized spacial score (nSPS) is 18.9. The lowest BCUT2D eigenvalue weighted by Gasteiger charge is -2.39. The molecule has 2 aromatic heterocycles. The summed E-state index contributed by atoms with van der Waals surface area (Å²) in [6.45, 7) is 1.65. The lowest BCUT2D eigenvalue weighted by Crippen LogP contribution is -2.46. The van der Waals surface area contributed by atoms with Gasteiger partial charge in [-0.05, 0) is 43.9 Å². The van der Waals surface area contributed by atoms with Crippen molar-refractivity contribution in [1.29, 1.82) is 0 Å². The van der Waals surface area contributed by atoms with Gasteiger partial charge in [0.1, 0.15) is 12.1 Å². The van der Waals surface area contributed by atoms with E-state index in [0.29, 0.717) is 17.9 Å². The maximum atomic E-state index is 13.9. The summed E-state index contributed by atoms with van der Waals surface area (Å²) in [7, 11) is 0. The minimum atomic E-state index is -0.235. The van der Waals surface area contributed by atoms with Crippen molar-refractivity contribution in [1.82, 2.24) is 15.0 Å². The second kappa shape index (κ2) is 6.10. The van der Waals surface area contributed by atoms with Gasteiger partial charge in [0.25, 0.3) is 0 Å². The molecule has 6 heteroatoms. The van der Waals surface area contributed by atoms with Gasteiger partial charge >= 0.3 is 0 Å². The largest absolute Gasteiger partial charge is 0.354 e. The molecule has 120 valence electrons. The van der Waals surface area contributed by atoms with Crippen LogP contribution in [0.2, 0.25) is 0 Å². The van der Waals surface area contributed by atoms with E-state index < -0.39 is 0 Å². The average molecular weight is 313 g/mol. The number of hydrogen-bond acceptors (Lipinski definition) is 5. The first-order chi connectivity index (χ1) is 11.3. The molecule has 0 atom stereocenters. The van der Waals surface area contributed by atoms with Crippen LogP contribution in [-0.2, 0) is 0 Å². The van der Waals surface area contributed by atoms with E-state index in [1.807, 2.05) is 6.07 Å². The van der Waals surface area contributed by atoms with E-state index in [0.717, 1.165) is 31.7 Å². The monoisotopic (exact) mass is 313 g/mol. The van der Waals surface area contributed by atoms with E-state index in [-0.39, 0.29) is 5.82 Å². The van der Waals surface area contributed by atoms with Gasteiger partial charge in [0, 0.05) is 37.6 Å². The van der Waals surface area contributed by atoms with Crippen molar-refractivity contribution < 1.29 is 4.39 Å². The second-order valence-electron chi connectivity index (χ2n) is 6.23. The molecule has 1 saturated carbocycles. The standard InChI is InChI=1S/C17H20FN5/c18-15-2-1-8-20-17(15)22-10-6-14(7-11-22)23(13-3-4-13)16-5-9-19-12-21-16/h1-2,5,8-9,12-14H,3-4,6-7,10-11H2. The van der Waals surface area contributed by atoms with E-state index in [1.54, 1.807) is 24.8 Å². The van der Waals surface area contributed by atoms with E-state index in [4.69, 9.17) is 0 Å². The first kappa shape index (κ1) is 14.4. The molecular weight excluding hydrogens is 293 g/mol. The van der Waals surface area contributed by atoms with Crippen molar-refractivity contribution in [2.75, 3.05) is 22.9 Å². The van der Waals surface area contributed by atoms with Gasteiger partial charge in [-0.1, -0.05) is 0 Å². The van der Waals surface area contributed by atoms with Gasteiger partial charge < -0.3 is 9.80 Å². The van der Waals surface area contributed by atoms with Gasteiger partial charge in [0.05, 0.1) is 0 Å². The molecule has 2 fully saturated rings. The average Bonchev–Trinajstić information content (AvgIpc) is 3.42. The molecule has 23 heavy (non-hydrogen) atoms. The fraction of sp³-hybridized carbons (Fsp3) is 0.471. The van der Waals surface area contributed by atoms with Crippen molar-refractivity contribution in [3.8, 4) is 0 Å². The molecule has 3 heterocycles. The highest BCUT2D eigenvalue weighted by Gasteiger charge is 2.36. The zero-order valence-corrected chi connectivity index (χ0v) is 13.0. The summed E-state index contributed by atoms with van der Waals surface area (Å²) >= 11 is 0. The summed E-state index contributed by atoms with van der Waals surface area (Å²) in [5.41, 5.74) is 0. The summed E-state index contributed by atoms with van der Waals surface area (Å²) in [5.74, 6) is 1.26. The van der Waals surface area contributed by atoms with Crippen molar-refractivity contribution in [3.05, 3.63) is 42.7 Å². The molecule has 0 N–H and O–H groups in total. The Labute approximate surface area is 135 Å². The molecular formula is C17H20FN5. The number of anilines is 2. The SMILES string of the molecule is Fc1cccnc1N1CCC(N(c2ccncn2)C2CC2)CC1. The number of piperidine rings is 1. The van der Waals surface area contributed by atoms with Crippen molar-refractivity contribution >= 4 is 11.6 Å². The molecule has 5 nitrogen and oxygen atoms in total. The smallest absolute Gasteiger partial charge is 0.165 e. The molecule has 0 spiro atoms. The Morgan fingerprint density at radius 3 is 2.43 bits per heavy atom. The molecule has 0 amide bonds. The van der Waals surface area contributed by atoms with Gasteiger partial charge in [0.2, 0.25) is 0 Å². The van der Waals surface area contributed by atoms with E-state index >= 15 is 0 Å². The molecule has 2 aliphatic rings. The van der Waals surface area contributed by atoms with Crippen LogP contribution in [0.5, 0.6) is 0 Å². The maximum absolute atomic E-state index is 13.9. The van der Waals surface area contributed by atoms with Crippen molar-refractivity contribution in [3.63, 3.8) is 0 Å². The number of aromatic nitrogens is 3. The van der Waals surface area contributed by atoms with Crippen LogP contribution in [-0.4, -0.2) is 40.1 Å². The van der Waals surface area contributed by atoms with E-state index in [2.05, 4.69) is 24.8 Å². The Hall–Kier alpha value is -2.24. The molecule has 2 aromatic rings. The zero-order valence-electron chi connectivity index (χ0n) is 13.0. The predicted octanol–water partition coefficient (Wildman–Crippen LogP) is 2.65. The number of pyridine rings is 1. The van der Waals surface area contributed by atoms with Crippen molar-refractivity contribution in [2.24, 2.45) is 0 Å². The third-order valence-corrected chi connectivity index (χ3v) is 4.67. The summed E-state index contributed by atoms with van der Waals surface area (Å²) in [6, 6.07) is 6.17. The molecule has 0 unspecified atom stereocenters. The highest BCUT2D eigenvalue weighted by Crippen LogP contribution is 2.35.